The molecule has 2 aromatic rings. The van der Waals surface area contributed by atoms with Crippen molar-refractivity contribution in [2.75, 3.05) is 32.6 Å². The number of hydrogen-bond acceptors (Lipinski definition) is 6. The van der Waals surface area contributed by atoms with E-state index in [1.54, 1.807) is 61.5 Å². The highest BCUT2D eigenvalue weighted by Gasteiger charge is 2.39. The van der Waals surface area contributed by atoms with Crippen LogP contribution in [0.15, 0.2) is 42.5 Å². The van der Waals surface area contributed by atoms with E-state index in [1.165, 1.54) is 0 Å². The molecule has 9 nitrogen and oxygen atoms in total. The average molecular weight is 496 g/mol. The number of ether oxygens (including phenoxy) is 3. The first-order chi connectivity index (χ1) is 17.4. The number of nitrogens with one attached hydrogen (secondary N) is 2. The molecule has 2 heterocycles. The average Bonchev–Trinajstić information content (AvgIpc) is 2.89. The first kappa shape index (κ1) is 25.5. The number of likely N-dealkylation sites (N-methyl/N-ethyl adjacent to an activating group) is 1. The minimum absolute atomic E-state index is 0.0228. The van der Waals surface area contributed by atoms with Crippen molar-refractivity contribution in [3.63, 3.8) is 0 Å². The van der Waals surface area contributed by atoms with E-state index in [-0.39, 0.29) is 42.6 Å². The topological polar surface area (TPSA) is 106 Å². The zero-order valence-electron chi connectivity index (χ0n) is 20.9. The Morgan fingerprint density at radius 2 is 2.00 bits per heavy atom. The van der Waals surface area contributed by atoms with Crippen LogP contribution in [0.4, 0.5) is 5.69 Å². The van der Waals surface area contributed by atoms with Crippen LogP contribution in [0.25, 0.3) is 0 Å². The fourth-order valence-corrected chi connectivity index (χ4v) is 4.62. The van der Waals surface area contributed by atoms with Crippen LogP contribution in [0, 0.1) is 0 Å². The zero-order chi connectivity index (χ0) is 25.7. The Morgan fingerprint density at radius 3 is 2.78 bits per heavy atom. The van der Waals surface area contributed by atoms with E-state index in [1.807, 2.05) is 6.92 Å². The molecule has 2 aliphatic heterocycles. The minimum atomic E-state index is -0.336. The molecule has 0 aromatic heterocycles. The van der Waals surface area contributed by atoms with Gasteiger partial charge >= 0.3 is 0 Å². The number of amides is 3. The number of carbonyl (C=O) groups is 3. The Labute approximate surface area is 211 Å². The van der Waals surface area contributed by atoms with Crippen molar-refractivity contribution in [2.24, 2.45) is 0 Å². The minimum Gasteiger partial charge on any atom is -0.497 e. The van der Waals surface area contributed by atoms with Gasteiger partial charge in [0, 0.05) is 24.8 Å². The van der Waals surface area contributed by atoms with E-state index in [0.29, 0.717) is 54.1 Å². The Kier molecular flexibility index (Phi) is 8.10. The first-order valence-corrected chi connectivity index (χ1v) is 12.3. The molecular formula is C27H33N3O6. The second kappa shape index (κ2) is 11.4. The van der Waals surface area contributed by atoms with Crippen molar-refractivity contribution >= 4 is 23.4 Å². The molecule has 1 saturated heterocycles. The van der Waals surface area contributed by atoms with E-state index >= 15 is 0 Å². The zero-order valence-corrected chi connectivity index (χ0v) is 20.9. The molecule has 0 unspecified atom stereocenters. The lowest BCUT2D eigenvalue weighted by Gasteiger charge is -2.42. The van der Waals surface area contributed by atoms with Crippen LogP contribution in [0.3, 0.4) is 0 Å². The summed E-state index contributed by atoms with van der Waals surface area (Å²) in [4.78, 5) is 40.0. The van der Waals surface area contributed by atoms with Gasteiger partial charge in [0.1, 0.15) is 24.2 Å². The number of methoxy groups -OCH3 is 1. The van der Waals surface area contributed by atoms with Gasteiger partial charge in [0.05, 0.1) is 31.2 Å². The molecule has 3 atom stereocenters. The van der Waals surface area contributed by atoms with Crippen molar-refractivity contribution in [1.29, 1.82) is 0 Å². The van der Waals surface area contributed by atoms with Crippen LogP contribution >= 0.6 is 0 Å². The summed E-state index contributed by atoms with van der Waals surface area (Å²) in [5.41, 5.74) is 1.31. The number of benzene rings is 2. The predicted octanol–water partition coefficient (Wildman–Crippen LogP) is 3.24. The normalized spacial score (nSPS) is 21.2. The SMILES string of the molecule is CCCNC(=O)C[C@@H]1CC[C@@H]2[C@H](COc3ccc(NC(=O)c4cccc(OC)c4)cc3C(=O)N2C)O1. The molecule has 2 N–H and O–H groups in total. The highest BCUT2D eigenvalue weighted by atomic mass is 16.5. The van der Waals surface area contributed by atoms with Crippen LogP contribution in [0.2, 0.25) is 0 Å². The summed E-state index contributed by atoms with van der Waals surface area (Å²) in [5, 5.41) is 5.73. The summed E-state index contributed by atoms with van der Waals surface area (Å²) in [6.45, 7) is 2.92. The standard InChI is InChI=1S/C27H33N3O6/c1-4-12-28-25(31)15-20-9-10-22-24(36-20)16-35-23-11-8-18(14-21(23)27(33)30(22)2)29-26(32)17-6-5-7-19(13-17)34-3/h5-8,11,13-14,20,22,24H,4,9-10,12,15-16H2,1-3H3,(H,28,31)(H,29,32)/t20-,22+,24-/m0/s1. The number of hydrogen-bond donors (Lipinski definition) is 2. The first-order valence-electron chi connectivity index (χ1n) is 12.3. The van der Waals surface area contributed by atoms with Gasteiger partial charge < -0.3 is 29.7 Å². The largest absolute Gasteiger partial charge is 0.497 e. The van der Waals surface area contributed by atoms with E-state index in [0.717, 1.165) is 6.42 Å². The number of nitrogens with zero attached hydrogens (tertiary/aromatic N) is 1. The van der Waals surface area contributed by atoms with Crippen molar-refractivity contribution in [2.45, 2.75) is 50.9 Å². The summed E-state index contributed by atoms with van der Waals surface area (Å²) in [7, 11) is 3.30. The van der Waals surface area contributed by atoms with Crippen LogP contribution in [0.1, 0.15) is 53.3 Å². The van der Waals surface area contributed by atoms with Gasteiger partial charge in [0.2, 0.25) is 5.91 Å². The highest BCUT2D eigenvalue weighted by molar-refractivity contribution is 6.05. The molecule has 0 aliphatic carbocycles. The van der Waals surface area contributed by atoms with E-state index in [9.17, 15) is 14.4 Å². The fraction of sp³-hybridized carbons (Fsp3) is 0.444. The number of fused-ring (bicyclic) bond motifs is 2. The fourth-order valence-electron chi connectivity index (χ4n) is 4.62. The molecule has 2 aromatic carbocycles. The maximum Gasteiger partial charge on any atom is 0.257 e. The van der Waals surface area contributed by atoms with Gasteiger partial charge in [-0.2, -0.15) is 0 Å². The summed E-state index contributed by atoms with van der Waals surface area (Å²) < 4.78 is 17.4. The van der Waals surface area contributed by atoms with Gasteiger partial charge in [-0.1, -0.05) is 13.0 Å². The molecule has 1 fully saturated rings. The summed E-state index contributed by atoms with van der Waals surface area (Å²) >= 11 is 0. The van der Waals surface area contributed by atoms with Crippen molar-refractivity contribution in [3.05, 3.63) is 53.6 Å². The second-order valence-corrected chi connectivity index (χ2v) is 9.12. The van der Waals surface area contributed by atoms with E-state index in [2.05, 4.69) is 10.6 Å². The third kappa shape index (κ3) is 5.79. The quantitative estimate of drug-likeness (QED) is 0.611. The molecular weight excluding hydrogens is 462 g/mol. The molecule has 0 bridgehead atoms. The molecule has 9 heteroatoms. The summed E-state index contributed by atoms with van der Waals surface area (Å²) in [5.74, 6) is 0.469. The van der Waals surface area contributed by atoms with Gasteiger partial charge in [-0.25, -0.2) is 0 Å². The number of carbonyl (C=O) groups excluding carboxylic acids is 3. The Morgan fingerprint density at radius 1 is 1.17 bits per heavy atom. The lowest BCUT2D eigenvalue weighted by atomic mass is 9.94. The molecule has 36 heavy (non-hydrogen) atoms. The van der Waals surface area contributed by atoms with Gasteiger partial charge in [-0.15, -0.1) is 0 Å². The van der Waals surface area contributed by atoms with Crippen LogP contribution in [-0.4, -0.2) is 68.2 Å². The molecule has 192 valence electrons. The maximum absolute atomic E-state index is 13.4. The lowest BCUT2D eigenvalue weighted by molar-refractivity contribution is -0.134. The van der Waals surface area contributed by atoms with E-state index in [4.69, 9.17) is 14.2 Å². The van der Waals surface area contributed by atoms with Gasteiger partial charge in [-0.3, -0.25) is 14.4 Å². The number of anilines is 1. The van der Waals surface area contributed by atoms with Crippen LogP contribution in [0.5, 0.6) is 11.5 Å². The third-order valence-corrected chi connectivity index (χ3v) is 6.59. The Bertz CT molecular complexity index is 1120. The summed E-state index contributed by atoms with van der Waals surface area (Å²) in [6.07, 6.45) is 2.04. The monoisotopic (exact) mass is 495 g/mol. The number of rotatable bonds is 7. The smallest absolute Gasteiger partial charge is 0.257 e. The van der Waals surface area contributed by atoms with Crippen LogP contribution < -0.4 is 20.1 Å². The van der Waals surface area contributed by atoms with Gasteiger partial charge in [0.15, 0.2) is 0 Å². The van der Waals surface area contributed by atoms with Gasteiger partial charge in [-0.05, 0) is 55.7 Å². The molecule has 0 saturated carbocycles. The second-order valence-electron chi connectivity index (χ2n) is 9.12. The predicted molar refractivity (Wildman–Crippen MR) is 135 cm³/mol. The van der Waals surface area contributed by atoms with Crippen molar-refractivity contribution in [3.8, 4) is 11.5 Å². The maximum atomic E-state index is 13.4. The van der Waals surface area contributed by atoms with Crippen LogP contribution in [-0.2, 0) is 9.53 Å². The highest BCUT2D eigenvalue weighted by Crippen LogP contribution is 2.32. The van der Waals surface area contributed by atoms with E-state index < -0.39 is 0 Å². The van der Waals surface area contributed by atoms with Crippen molar-refractivity contribution in [1.82, 2.24) is 10.2 Å². The Hall–Kier alpha value is -3.59. The Balaban J connectivity index is 1.46. The third-order valence-electron chi connectivity index (χ3n) is 6.59. The molecule has 0 radical (unpaired) electrons. The van der Waals surface area contributed by atoms with Crippen molar-refractivity contribution < 1.29 is 28.6 Å². The van der Waals surface area contributed by atoms with Gasteiger partial charge in [0.25, 0.3) is 11.8 Å². The lowest BCUT2D eigenvalue weighted by Crippen LogP contribution is -2.54. The molecule has 0 spiro atoms. The molecule has 4 rings (SSSR count). The summed E-state index contributed by atoms with van der Waals surface area (Å²) in [6, 6.07) is 11.7. The molecule has 3 amide bonds. The molecule has 2 aliphatic rings.